The molecule has 0 aliphatic carbocycles. The fourth-order valence-electron chi connectivity index (χ4n) is 3.29. The van der Waals surface area contributed by atoms with Gasteiger partial charge in [0.25, 0.3) is 0 Å². The van der Waals surface area contributed by atoms with E-state index in [0.717, 1.165) is 16.5 Å². The predicted octanol–water partition coefficient (Wildman–Crippen LogP) is 5.75. The largest absolute Gasteiger partial charge is 0.457 e. The number of pyridine rings is 1. The fourth-order valence-corrected chi connectivity index (χ4v) is 3.29. The first-order valence-corrected chi connectivity index (χ1v) is 10.4. The lowest BCUT2D eigenvalue weighted by Gasteiger charge is -2.11. The molecule has 0 saturated heterocycles. The quantitative estimate of drug-likeness (QED) is 0.372. The number of benzene rings is 3. The lowest BCUT2D eigenvalue weighted by molar-refractivity contribution is -0.123. The van der Waals surface area contributed by atoms with E-state index in [4.69, 9.17) is 4.74 Å². The number of rotatable bonds is 6. The molecule has 0 atom stereocenters. The number of hydrogen-bond donors (Lipinski definition) is 2. The van der Waals surface area contributed by atoms with Crippen molar-refractivity contribution < 1.29 is 18.7 Å². The molecule has 1 aromatic heterocycles. The number of aromatic nitrogens is 1. The van der Waals surface area contributed by atoms with Gasteiger partial charge in [-0.2, -0.15) is 0 Å². The zero-order valence-corrected chi connectivity index (χ0v) is 18.2. The highest BCUT2D eigenvalue weighted by atomic mass is 19.1. The fraction of sp³-hybridized carbons (Fsp3) is 0.115. The molecule has 0 unspecified atom stereocenters. The van der Waals surface area contributed by atoms with Gasteiger partial charge in [0.2, 0.25) is 11.8 Å². The first-order chi connectivity index (χ1) is 15.9. The molecule has 0 saturated carbocycles. The van der Waals surface area contributed by atoms with Gasteiger partial charge in [0.05, 0.1) is 5.52 Å². The van der Waals surface area contributed by atoms with Crippen LogP contribution >= 0.6 is 0 Å². The maximum absolute atomic E-state index is 12.9. The molecule has 0 fully saturated rings. The summed E-state index contributed by atoms with van der Waals surface area (Å²) in [5, 5.41) is 6.15. The molecule has 0 aliphatic heterocycles. The third-order valence-corrected chi connectivity index (χ3v) is 5.13. The monoisotopic (exact) mass is 443 g/mol. The number of amides is 2. The van der Waals surface area contributed by atoms with Crippen LogP contribution in [0.2, 0.25) is 0 Å². The second-order valence-corrected chi connectivity index (χ2v) is 7.67. The minimum absolute atomic E-state index is 0.364. The van der Waals surface area contributed by atoms with Crippen LogP contribution in [0.4, 0.5) is 15.8 Å². The van der Waals surface area contributed by atoms with Crippen molar-refractivity contribution >= 4 is 34.1 Å². The Balaban J connectivity index is 1.37. The third kappa shape index (κ3) is 5.51. The number of ether oxygens (including phenoxy) is 1. The highest BCUT2D eigenvalue weighted by Gasteiger charge is 2.11. The Bertz CT molecular complexity index is 1320. The van der Waals surface area contributed by atoms with Gasteiger partial charge in [-0.05, 0) is 91.7 Å². The maximum Gasteiger partial charge on any atom is 0.233 e. The van der Waals surface area contributed by atoms with E-state index in [9.17, 15) is 14.0 Å². The highest BCUT2D eigenvalue weighted by molar-refractivity contribution is 6.08. The number of anilines is 2. The van der Waals surface area contributed by atoms with Crippen LogP contribution in [0.1, 0.15) is 17.5 Å². The van der Waals surface area contributed by atoms with Gasteiger partial charge >= 0.3 is 0 Å². The summed E-state index contributed by atoms with van der Waals surface area (Å²) in [6.07, 6.45) is 1.34. The molecule has 7 heteroatoms. The molecule has 2 N–H and O–H groups in total. The van der Waals surface area contributed by atoms with E-state index in [-0.39, 0.29) is 6.42 Å². The molecule has 6 nitrogen and oxygen atoms in total. The topological polar surface area (TPSA) is 80.3 Å². The van der Waals surface area contributed by atoms with Gasteiger partial charge in [-0.25, -0.2) is 4.39 Å². The highest BCUT2D eigenvalue weighted by Crippen LogP contribution is 2.31. The summed E-state index contributed by atoms with van der Waals surface area (Å²) in [6, 6.07) is 18.1. The lowest BCUT2D eigenvalue weighted by atomic mass is 10.1. The molecule has 4 aromatic rings. The summed E-state index contributed by atoms with van der Waals surface area (Å²) in [5.74, 6) is -0.0611. The van der Waals surface area contributed by atoms with Crippen molar-refractivity contribution in [1.82, 2.24) is 4.98 Å². The molecule has 33 heavy (non-hydrogen) atoms. The van der Waals surface area contributed by atoms with Gasteiger partial charge in [0.1, 0.15) is 23.7 Å². The summed E-state index contributed by atoms with van der Waals surface area (Å²) in [5.41, 5.74) is 4.14. The molecule has 0 bridgehead atoms. The third-order valence-electron chi connectivity index (χ3n) is 5.13. The van der Waals surface area contributed by atoms with Crippen molar-refractivity contribution in [2.45, 2.75) is 20.3 Å². The van der Waals surface area contributed by atoms with Crippen LogP contribution in [0.15, 0.2) is 72.9 Å². The molecule has 2 amide bonds. The smallest absolute Gasteiger partial charge is 0.233 e. The molecule has 3 aromatic carbocycles. The zero-order valence-electron chi connectivity index (χ0n) is 18.2. The number of aryl methyl sites for hydroxylation is 2. The van der Waals surface area contributed by atoms with Gasteiger partial charge in [-0.15, -0.1) is 0 Å². The van der Waals surface area contributed by atoms with Crippen molar-refractivity contribution in [2.75, 3.05) is 10.6 Å². The van der Waals surface area contributed by atoms with Crippen LogP contribution < -0.4 is 15.4 Å². The van der Waals surface area contributed by atoms with Crippen molar-refractivity contribution in [2.24, 2.45) is 0 Å². The molecule has 0 radical (unpaired) electrons. The number of carbonyl (C=O) groups is 2. The summed E-state index contributed by atoms with van der Waals surface area (Å²) in [7, 11) is 0. The lowest BCUT2D eigenvalue weighted by Crippen LogP contribution is -2.21. The van der Waals surface area contributed by atoms with Crippen LogP contribution in [0.5, 0.6) is 11.5 Å². The number of carbonyl (C=O) groups excluding carboxylic acids is 2. The summed E-state index contributed by atoms with van der Waals surface area (Å²) >= 11 is 0. The minimum atomic E-state index is -0.492. The Kier molecular flexibility index (Phi) is 6.31. The van der Waals surface area contributed by atoms with Crippen molar-refractivity contribution in [3.63, 3.8) is 0 Å². The Morgan fingerprint density at radius 3 is 2.06 bits per heavy atom. The second-order valence-electron chi connectivity index (χ2n) is 7.67. The van der Waals surface area contributed by atoms with Gasteiger partial charge in [0, 0.05) is 23.0 Å². The second kappa shape index (κ2) is 9.48. The molecule has 166 valence electrons. The number of hydrogen-bond acceptors (Lipinski definition) is 4. The van der Waals surface area contributed by atoms with E-state index in [0.29, 0.717) is 22.9 Å². The predicted molar refractivity (Wildman–Crippen MR) is 126 cm³/mol. The number of nitrogens with one attached hydrogen (secondary N) is 2. The standard InChI is InChI=1S/C26H22FN3O3/c1-16-13-22-23(14-17(16)2)28-12-11-24(22)33-21-9-7-20(8-10-21)30-26(32)15-25(31)29-19-5-3-18(27)4-6-19/h3-14H,15H2,1-2H3,(H,29,31)(H,30,32). The van der Waals surface area contributed by atoms with Crippen LogP contribution in [-0.2, 0) is 9.59 Å². The van der Waals surface area contributed by atoms with E-state index in [2.05, 4.69) is 21.7 Å². The normalized spacial score (nSPS) is 10.6. The van der Waals surface area contributed by atoms with E-state index in [1.807, 2.05) is 26.0 Å². The number of nitrogens with zero attached hydrogens (tertiary/aromatic N) is 1. The summed E-state index contributed by atoms with van der Waals surface area (Å²) < 4.78 is 19.0. The molecule has 0 spiro atoms. The average Bonchev–Trinajstić information content (AvgIpc) is 2.78. The van der Waals surface area contributed by atoms with E-state index < -0.39 is 17.6 Å². The number of halogens is 1. The molecule has 0 aliphatic rings. The van der Waals surface area contributed by atoms with Gasteiger partial charge < -0.3 is 15.4 Å². The Hall–Kier alpha value is -4.26. The molecule has 4 rings (SSSR count). The zero-order chi connectivity index (χ0) is 23.4. The Morgan fingerprint density at radius 1 is 0.848 bits per heavy atom. The van der Waals surface area contributed by atoms with Gasteiger partial charge in [-0.3, -0.25) is 14.6 Å². The van der Waals surface area contributed by atoms with Crippen molar-refractivity contribution in [3.8, 4) is 11.5 Å². The van der Waals surface area contributed by atoms with Crippen LogP contribution in [-0.4, -0.2) is 16.8 Å². The van der Waals surface area contributed by atoms with Gasteiger partial charge in [0.15, 0.2) is 0 Å². The molecular weight excluding hydrogens is 421 g/mol. The first kappa shape index (κ1) is 22.0. The molecular formula is C26H22FN3O3. The average molecular weight is 443 g/mol. The van der Waals surface area contributed by atoms with Crippen molar-refractivity contribution in [3.05, 3.63) is 89.9 Å². The van der Waals surface area contributed by atoms with Crippen LogP contribution in [0.3, 0.4) is 0 Å². The SMILES string of the molecule is Cc1cc2nccc(Oc3ccc(NC(=O)CC(=O)Nc4ccc(F)cc4)cc3)c2cc1C. The van der Waals surface area contributed by atoms with E-state index in [1.165, 1.54) is 29.8 Å². The summed E-state index contributed by atoms with van der Waals surface area (Å²) in [6.45, 7) is 4.09. The number of fused-ring (bicyclic) bond motifs is 1. The van der Waals surface area contributed by atoms with Crippen LogP contribution in [0, 0.1) is 19.7 Å². The van der Waals surface area contributed by atoms with E-state index in [1.54, 1.807) is 30.5 Å². The van der Waals surface area contributed by atoms with Crippen LogP contribution in [0.25, 0.3) is 10.9 Å². The maximum atomic E-state index is 12.9. The molecule has 1 heterocycles. The summed E-state index contributed by atoms with van der Waals surface area (Å²) in [4.78, 5) is 28.6. The van der Waals surface area contributed by atoms with Crippen molar-refractivity contribution in [1.29, 1.82) is 0 Å². The minimum Gasteiger partial charge on any atom is -0.457 e. The Morgan fingerprint density at radius 2 is 1.42 bits per heavy atom. The van der Waals surface area contributed by atoms with E-state index >= 15 is 0 Å². The first-order valence-electron chi connectivity index (χ1n) is 10.4. The van der Waals surface area contributed by atoms with Gasteiger partial charge in [-0.1, -0.05) is 0 Å². The Labute approximate surface area is 190 Å².